The van der Waals surface area contributed by atoms with Crippen LogP contribution >= 0.6 is 0 Å². The van der Waals surface area contributed by atoms with E-state index in [2.05, 4.69) is 27.9 Å². The maximum Gasteiger partial charge on any atom is 0.290 e. The van der Waals surface area contributed by atoms with Gasteiger partial charge in [-0.05, 0) is 44.5 Å². The molecule has 2 aromatic carbocycles. The van der Waals surface area contributed by atoms with Crippen molar-refractivity contribution in [2.45, 2.75) is 53.1 Å². The second-order valence-electron chi connectivity index (χ2n) is 8.49. The van der Waals surface area contributed by atoms with Gasteiger partial charge >= 0.3 is 0 Å². The standard InChI is InChI=1S/C26H28N6O4/c1-4-6-9-14-32-26(36)19-11-8-7-10-18(19)22(30-32)24(34)29-28-23(33)17-12-13-21-20(15-17)27-16(3)25(35)31(21)5-2/h7-8,10-13,15H,4-6,9,14H2,1-3H3,(H,28,33)(H,29,34). The molecule has 0 bridgehead atoms. The number of amides is 2. The van der Waals surface area contributed by atoms with Gasteiger partial charge in [-0.25, -0.2) is 9.67 Å². The van der Waals surface area contributed by atoms with E-state index in [-0.39, 0.29) is 22.4 Å². The smallest absolute Gasteiger partial charge is 0.290 e. The van der Waals surface area contributed by atoms with Crippen LogP contribution in [-0.2, 0) is 13.1 Å². The number of hydrazine groups is 1. The molecule has 0 aliphatic carbocycles. The van der Waals surface area contributed by atoms with E-state index >= 15 is 0 Å². The number of unbranched alkanes of at least 4 members (excludes halogenated alkanes) is 2. The molecule has 2 N–H and O–H groups in total. The molecule has 0 saturated carbocycles. The minimum absolute atomic E-state index is 0.0461. The minimum Gasteiger partial charge on any atom is -0.305 e. The van der Waals surface area contributed by atoms with E-state index in [0.29, 0.717) is 40.6 Å². The van der Waals surface area contributed by atoms with Gasteiger partial charge in [0.1, 0.15) is 5.69 Å². The van der Waals surface area contributed by atoms with Crippen molar-refractivity contribution >= 4 is 33.6 Å². The lowest BCUT2D eigenvalue weighted by Gasteiger charge is -2.12. The SMILES string of the molecule is CCCCCn1nc(C(=O)NNC(=O)c2ccc3c(c2)nc(C)c(=O)n3CC)c2ccccc2c1=O. The van der Waals surface area contributed by atoms with Gasteiger partial charge in [-0.3, -0.25) is 30.0 Å². The summed E-state index contributed by atoms with van der Waals surface area (Å²) in [4.78, 5) is 55.2. The topological polar surface area (TPSA) is 128 Å². The molecule has 2 heterocycles. The molecular weight excluding hydrogens is 460 g/mol. The van der Waals surface area contributed by atoms with Crippen LogP contribution in [0.5, 0.6) is 0 Å². The Morgan fingerprint density at radius 3 is 2.36 bits per heavy atom. The first kappa shape index (κ1) is 24.8. The molecule has 0 saturated heterocycles. The van der Waals surface area contributed by atoms with Gasteiger partial charge in [0.25, 0.3) is 22.9 Å². The largest absolute Gasteiger partial charge is 0.305 e. The first-order valence-corrected chi connectivity index (χ1v) is 12.0. The maximum atomic E-state index is 13.0. The summed E-state index contributed by atoms with van der Waals surface area (Å²) in [5.41, 5.74) is 6.14. The molecular formula is C26H28N6O4. The summed E-state index contributed by atoms with van der Waals surface area (Å²) < 4.78 is 2.90. The van der Waals surface area contributed by atoms with Crippen molar-refractivity contribution in [1.82, 2.24) is 30.2 Å². The number of aryl methyl sites for hydroxylation is 3. The van der Waals surface area contributed by atoms with Crippen LogP contribution in [0.4, 0.5) is 0 Å². The Hall–Kier alpha value is -4.34. The number of fused-ring (bicyclic) bond motifs is 2. The number of carbonyl (C=O) groups excluding carboxylic acids is 2. The molecule has 186 valence electrons. The third kappa shape index (κ3) is 4.74. The summed E-state index contributed by atoms with van der Waals surface area (Å²) in [7, 11) is 0. The highest BCUT2D eigenvalue weighted by molar-refractivity contribution is 6.06. The second-order valence-corrected chi connectivity index (χ2v) is 8.49. The summed E-state index contributed by atoms with van der Waals surface area (Å²) in [6.07, 6.45) is 2.69. The Bertz CT molecular complexity index is 1590. The fourth-order valence-corrected chi connectivity index (χ4v) is 4.14. The van der Waals surface area contributed by atoms with E-state index in [0.717, 1.165) is 19.3 Å². The normalized spacial score (nSPS) is 11.1. The van der Waals surface area contributed by atoms with Gasteiger partial charge in [-0.2, -0.15) is 5.10 Å². The number of hydrogen-bond donors (Lipinski definition) is 2. The highest BCUT2D eigenvalue weighted by Gasteiger charge is 2.18. The van der Waals surface area contributed by atoms with Gasteiger partial charge in [-0.15, -0.1) is 0 Å². The maximum absolute atomic E-state index is 13.0. The molecule has 36 heavy (non-hydrogen) atoms. The number of benzene rings is 2. The molecule has 0 unspecified atom stereocenters. The van der Waals surface area contributed by atoms with Gasteiger partial charge in [-0.1, -0.05) is 38.0 Å². The van der Waals surface area contributed by atoms with E-state index in [9.17, 15) is 19.2 Å². The van der Waals surface area contributed by atoms with Crippen LogP contribution in [0.1, 0.15) is 59.7 Å². The molecule has 2 aromatic heterocycles. The number of nitrogens with zero attached hydrogens (tertiary/aromatic N) is 4. The van der Waals surface area contributed by atoms with E-state index in [1.807, 2.05) is 6.92 Å². The Labute approximate surface area is 206 Å². The summed E-state index contributed by atoms with van der Waals surface area (Å²) in [6.45, 7) is 6.42. The van der Waals surface area contributed by atoms with Gasteiger partial charge in [0.05, 0.1) is 16.4 Å². The monoisotopic (exact) mass is 488 g/mol. The highest BCUT2D eigenvalue weighted by atomic mass is 16.2. The molecule has 0 spiro atoms. The van der Waals surface area contributed by atoms with E-state index in [1.165, 1.54) is 4.68 Å². The minimum atomic E-state index is -0.640. The average molecular weight is 489 g/mol. The Balaban J connectivity index is 1.59. The van der Waals surface area contributed by atoms with Gasteiger partial charge in [0.2, 0.25) is 0 Å². The predicted molar refractivity (Wildman–Crippen MR) is 137 cm³/mol. The van der Waals surface area contributed by atoms with E-state index in [1.54, 1.807) is 54.0 Å². The zero-order valence-corrected chi connectivity index (χ0v) is 20.5. The summed E-state index contributed by atoms with van der Waals surface area (Å²) >= 11 is 0. The molecule has 4 aromatic rings. The van der Waals surface area contributed by atoms with Crippen LogP contribution in [-0.4, -0.2) is 31.1 Å². The molecule has 0 aliphatic rings. The van der Waals surface area contributed by atoms with Crippen LogP contribution in [0.2, 0.25) is 0 Å². The first-order chi connectivity index (χ1) is 17.3. The second kappa shape index (κ2) is 10.5. The highest BCUT2D eigenvalue weighted by Crippen LogP contribution is 2.15. The van der Waals surface area contributed by atoms with Crippen molar-refractivity contribution in [3.63, 3.8) is 0 Å². The first-order valence-electron chi connectivity index (χ1n) is 12.0. The molecule has 0 aliphatic heterocycles. The number of nitrogens with one attached hydrogen (secondary N) is 2. The molecule has 2 amide bonds. The third-order valence-electron chi connectivity index (χ3n) is 6.03. The molecule has 4 rings (SSSR count). The summed E-state index contributed by atoms with van der Waals surface area (Å²) in [5, 5.41) is 5.09. The predicted octanol–water partition coefficient (Wildman–Crippen LogP) is 2.70. The van der Waals surface area contributed by atoms with Gasteiger partial charge < -0.3 is 4.57 Å². The van der Waals surface area contributed by atoms with Crippen LogP contribution in [0.25, 0.3) is 21.8 Å². The lowest BCUT2D eigenvalue weighted by atomic mass is 10.1. The zero-order chi connectivity index (χ0) is 25.8. The summed E-state index contributed by atoms with van der Waals surface area (Å²) in [5.74, 6) is -1.20. The molecule has 10 nitrogen and oxygen atoms in total. The number of aromatic nitrogens is 4. The lowest BCUT2D eigenvalue weighted by Crippen LogP contribution is -2.42. The number of hydrogen-bond acceptors (Lipinski definition) is 6. The van der Waals surface area contributed by atoms with Crippen molar-refractivity contribution in [3.8, 4) is 0 Å². The lowest BCUT2D eigenvalue weighted by molar-refractivity contribution is 0.0843. The molecule has 0 radical (unpaired) electrons. The van der Waals surface area contributed by atoms with Crippen LogP contribution in [0.15, 0.2) is 52.1 Å². The van der Waals surface area contributed by atoms with Crippen molar-refractivity contribution in [1.29, 1.82) is 0 Å². The van der Waals surface area contributed by atoms with Crippen molar-refractivity contribution in [2.24, 2.45) is 0 Å². The van der Waals surface area contributed by atoms with Crippen molar-refractivity contribution in [2.75, 3.05) is 0 Å². The number of carbonyl (C=O) groups is 2. The van der Waals surface area contributed by atoms with Crippen molar-refractivity contribution in [3.05, 3.63) is 80.1 Å². The summed E-state index contributed by atoms with van der Waals surface area (Å²) in [6, 6.07) is 11.6. The van der Waals surface area contributed by atoms with Gasteiger partial charge in [0, 0.05) is 24.0 Å². The quantitative estimate of drug-likeness (QED) is 0.304. The number of rotatable bonds is 7. The Morgan fingerprint density at radius 1 is 0.917 bits per heavy atom. The third-order valence-corrected chi connectivity index (χ3v) is 6.03. The van der Waals surface area contributed by atoms with Crippen LogP contribution in [0.3, 0.4) is 0 Å². The molecule has 10 heteroatoms. The molecule has 0 atom stereocenters. The Kier molecular flexibility index (Phi) is 7.23. The van der Waals surface area contributed by atoms with Crippen LogP contribution in [0, 0.1) is 6.92 Å². The van der Waals surface area contributed by atoms with E-state index < -0.39 is 11.8 Å². The van der Waals surface area contributed by atoms with E-state index in [4.69, 9.17) is 0 Å². The Morgan fingerprint density at radius 2 is 1.64 bits per heavy atom. The average Bonchev–Trinajstić information content (AvgIpc) is 2.89. The zero-order valence-electron chi connectivity index (χ0n) is 20.5. The molecule has 0 fully saturated rings. The van der Waals surface area contributed by atoms with Crippen molar-refractivity contribution < 1.29 is 9.59 Å². The van der Waals surface area contributed by atoms with Gasteiger partial charge in [0.15, 0.2) is 5.69 Å². The fourth-order valence-electron chi connectivity index (χ4n) is 4.14. The fraction of sp³-hybridized carbons (Fsp3) is 0.308. The van der Waals surface area contributed by atoms with Crippen LogP contribution < -0.4 is 22.0 Å².